The number of rotatable bonds is 5. The van der Waals surface area contributed by atoms with Crippen LogP contribution in [0, 0.1) is 5.82 Å². The zero-order valence-electron chi connectivity index (χ0n) is 14.1. The van der Waals surface area contributed by atoms with E-state index in [1.165, 1.54) is 24.5 Å². The molecule has 1 unspecified atom stereocenters. The van der Waals surface area contributed by atoms with Crippen LogP contribution in [0.1, 0.15) is 18.6 Å². The summed E-state index contributed by atoms with van der Waals surface area (Å²) in [5.41, 5.74) is 2.40. The Kier molecular flexibility index (Phi) is 4.80. The number of primary sulfonamides is 1. The van der Waals surface area contributed by atoms with Crippen molar-refractivity contribution in [2.24, 2.45) is 5.14 Å². The van der Waals surface area contributed by atoms with Crippen LogP contribution in [-0.4, -0.2) is 8.42 Å². The van der Waals surface area contributed by atoms with E-state index in [1.54, 1.807) is 36.4 Å². The highest BCUT2D eigenvalue weighted by molar-refractivity contribution is 7.89. The van der Waals surface area contributed by atoms with Crippen molar-refractivity contribution in [3.8, 4) is 22.3 Å². The van der Waals surface area contributed by atoms with Crippen LogP contribution < -0.4 is 5.14 Å². The fraction of sp³-hybridized carbons (Fsp3) is 0.100. The van der Waals surface area contributed by atoms with Crippen molar-refractivity contribution in [3.63, 3.8) is 0 Å². The molecule has 0 aliphatic rings. The molecule has 0 saturated heterocycles. The van der Waals surface area contributed by atoms with Gasteiger partial charge in [0.05, 0.1) is 11.2 Å². The first kappa shape index (κ1) is 18.1. The lowest BCUT2D eigenvalue weighted by molar-refractivity contribution is 0.501. The Morgan fingerprint density at radius 3 is 2.38 bits per heavy atom. The van der Waals surface area contributed by atoms with Crippen LogP contribution in [0.2, 0.25) is 0 Å². The first-order valence-corrected chi connectivity index (χ1v) is 9.49. The Balaban J connectivity index is 2.33. The molecule has 1 aromatic heterocycles. The summed E-state index contributed by atoms with van der Waals surface area (Å²) in [5, 5.41) is 5.37. The van der Waals surface area contributed by atoms with Crippen LogP contribution in [0.5, 0.6) is 0 Å². The summed E-state index contributed by atoms with van der Waals surface area (Å²) in [6.45, 7) is 5.70. The third-order valence-corrected chi connectivity index (χ3v) is 5.17. The van der Waals surface area contributed by atoms with E-state index in [0.29, 0.717) is 28.0 Å². The Morgan fingerprint density at radius 2 is 1.77 bits per heavy atom. The highest BCUT2D eigenvalue weighted by Gasteiger charge is 2.24. The lowest BCUT2D eigenvalue weighted by atomic mass is 9.93. The molecule has 0 saturated carbocycles. The van der Waals surface area contributed by atoms with E-state index in [1.807, 2.05) is 6.92 Å². The molecule has 26 heavy (non-hydrogen) atoms. The van der Waals surface area contributed by atoms with E-state index in [9.17, 15) is 12.8 Å². The highest BCUT2D eigenvalue weighted by Crippen LogP contribution is 2.41. The molecule has 0 amide bonds. The molecular weight excluding hydrogens is 353 g/mol. The van der Waals surface area contributed by atoms with Gasteiger partial charge in [-0.15, -0.1) is 6.58 Å². The van der Waals surface area contributed by atoms with Crippen molar-refractivity contribution in [2.75, 3.05) is 0 Å². The molecule has 0 aliphatic carbocycles. The molecule has 0 fully saturated rings. The standard InChI is InChI=1S/C20H18FNO3S/c1-3-13(2)20-19(14-8-10-15(21)11-9-14)17(12-25-20)16-6-4-5-7-18(16)26(22,23)24/h3-13H,1H2,2H3,(H2,22,23,24). The van der Waals surface area contributed by atoms with Gasteiger partial charge in [0.1, 0.15) is 11.6 Å². The van der Waals surface area contributed by atoms with E-state index in [4.69, 9.17) is 9.56 Å². The summed E-state index contributed by atoms with van der Waals surface area (Å²) in [4.78, 5) is 0.00182. The van der Waals surface area contributed by atoms with Gasteiger partial charge in [0.25, 0.3) is 0 Å². The number of nitrogens with two attached hydrogens (primary N) is 1. The van der Waals surface area contributed by atoms with Gasteiger partial charge in [-0.05, 0) is 23.8 Å². The smallest absolute Gasteiger partial charge is 0.238 e. The molecule has 134 valence electrons. The van der Waals surface area contributed by atoms with Crippen LogP contribution in [-0.2, 0) is 10.0 Å². The van der Waals surface area contributed by atoms with E-state index >= 15 is 0 Å². The average molecular weight is 371 g/mol. The quantitative estimate of drug-likeness (QED) is 0.661. The molecule has 3 rings (SSSR count). The SMILES string of the molecule is C=CC(C)c1occ(-c2ccccc2S(N)(=O)=O)c1-c1ccc(F)cc1. The van der Waals surface area contributed by atoms with Gasteiger partial charge >= 0.3 is 0 Å². The first-order valence-electron chi connectivity index (χ1n) is 7.95. The predicted molar refractivity (Wildman–Crippen MR) is 99.5 cm³/mol. The van der Waals surface area contributed by atoms with Crippen LogP contribution in [0.15, 0.2) is 76.8 Å². The van der Waals surface area contributed by atoms with Gasteiger partial charge in [0.2, 0.25) is 10.0 Å². The fourth-order valence-corrected chi connectivity index (χ4v) is 3.62. The van der Waals surface area contributed by atoms with E-state index in [0.717, 1.165) is 0 Å². The van der Waals surface area contributed by atoms with Gasteiger partial charge in [0, 0.05) is 22.6 Å². The van der Waals surface area contributed by atoms with Crippen molar-refractivity contribution >= 4 is 10.0 Å². The summed E-state index contributed by atoms with van der Waals surface area (Å²) in [7, 11) is -3.93. The zero-order chi connectivity index (χ0) is 18.9. The maximum atomic E-state index is 13.4. The maximum Gasteiger partial charge on any atom is 0.238 e. The van der Waals surface area contributed by atoms with Crippen LogP contribution in [0.3, 0.4) is 0 Å². The Bertz CT molecular complexity index is 1050. The Labute approximate surface area is 151 Å². The lowest BCUT2D eigenvalue weighted by Gasteiger charge is -2.11. The molecule has 0 radical (unpaired) electrons. The Morgan fingerprint density at radius 1 is 1.12 bits per heavy atom. The summed E-state index contributed by atoms with van der Waals surface area (Å²) in [6.07, 6.45) is 3.22. The average Bonchev–Trinajstić information content (AvgIpc) is 3.06. The number of benzene rings is 2. The second kappa shape index (κ2) is 6.90. The molecule has 1 heterocycles. The lowest BCUT2D eigenvalue weighted by Crippen LogP contribution is -2.13. The van der Waals surface area contributed by atoms with Crippen LogP contribution >= 0.6 is 0 Å². The van der Waals surface area contributed by atoms with Gasteiger partial charge in [-0.2, -0.15) is 0 Å². The fourth-order valence-electron chi connectivity index (χ4n) is 2.86. The second-order valence-corrected chi connectivity index (χ2v) is 7.49. The highest BCUT2D eigenvalue weighted by atomic mass is 32.2. The molecule has 3 aromatic rings. The minimum absolute atomic E-state index is 0.00182. The molecule has 2 N–H and O–H groups in total. The minimum Gasteiger partial charge on any atom is -0.467 e. The summed E-state index contributed by atoms with van der Waals surface area (Å²) < 4.78 is 43.1. The second-order valence-electron chi connectivity index (χ2n) is 5.96. The minimum atomic E-state index is -3.93. The van der Waals surface area contributed by atoms with Gasteiger partial charge in [-0.25, -0.2) is 17.9 Å². The summed E-state index contributed by atoms with van der Waals surface area (Å²) in [6, 6.07) is 12.4. The number of hydrogen-bond acceptors (Lipinski definition) is 3. The topological polar surface area (TPSA) is 73.3 Å². The largest absolute Gasteiger partial charge is 0.467 e. The molecule has 0 aliphatic heterocycles. The van der Waals surface area contributed by atoms with Crippen molar-refractivity contribution in [3.05, 3.63) is 79.0 Å². The number of furan rings is 1. The molecule has 4 nitrogen and oxygen atoms in total. The molecule has 0 bridgehead atoms. The number of allylic oxidation sites excluding steroid dienone is 1. The van der Waals surface area contributed by atoms with Crippen molar-refractivity contribution < 1.29 is 17.2 Å². The number of sulfonamides is 1. The van der Waals surface area contributed by atoms with Crippen LogP contribution in [0.4, 0.5) is 4.39 Å². The van der Waals surface area contributed by atoms with Gasteiger partial charge < -0.3 is 4.42 Å². The zero-order valence-corrected chi connectivity index (χ0v) is 15.0. The van der Waals surface area contributed by atoms with Crippen molar-refractivity contribution in [2.45, 2.75) is 17.7 Å². The van der Waals surface area contributed by atoms with Gasteiger partial charge in [0.15, 0.2) is 0 Å². The molecule has 6 heteroatoms. The van der Waals surface area contributed by atoms with Crippen molar-refractivity contribution in [1.29, 1.82) is 0 Å². The summed E-state index contributed by atoms with van der Waals surface area (Å²) in [5.74, 6) is 0.137. The van der Waals surface area contributed by atoms with E-state index in [2.05, 4.69) is 6.58 Å². The van der Waals surface area contributed by atoms with Gasteiger partial charge in [-0.1, -0.05) is 43.3 Å². The normalized spacial score (nSPS) is 12.7. The van der Waals surface area contributed by atoms with E-state index in [-0.39, 0.29) is 16.6 Å². The molecule has 1 atom stereocenters. The third kappa shape index (κ3) is 3.34. The number of hydrogen-bond donors (Lipinski definition) is 1. The first-order chi connectivity index (χ1) is 12.3. The predicted octanol–water partition coefficient (Wildman–Crippen LogP) is 4.69. The monoisotopic (exact) mass is 371 g/mol. The molecule has 0 spiro atoms. The Hall–Kier alpha value is -2.70. The third-order valence-electron chi connectivity index (χ3n) is 4.20. The van der Waals surface area contributed by atoms with Crippen molar-refractivity contribution in [1.82, 2.24) is 0 Å². The van der Waals surface area contributed by atoms with Crippen LogP contribution in [0.25, 0.3) is 22.3 Å². The summed E-state index contributed by atoms with van der Waals surface area (Å²) >= 11 is 0. The molecule has 2 aromatic carbocycles. The van der Waals surface area contributed by atoms with E-state index < -0.39 is 10.0 Å². The maximum absolute atomic E-state index is 13.4. The van der Waals surface area contributed by atoms with Gasteiger partial charge in [-0.3, -0.25) is 0 Å². The number of halogens is 1. The molecular formula is C20H18FNO3S.